The Labute approximate surface area is 163 Å². The van der Waals surface area contributed by atoms with Crippen LogP contribution in [-0.2, 0) is 17.7 Å². The lowest BCUT2D eigenvalue weighted by Crippen LogP contribution is -2.59. The second kappa shape index (κ2) is 12.6. The van der Waals surface area contributed by atoms with Crippen LogP contribution in [0.15, 0.2) is 0 Å². The van der Waals surface area contributed by atoms with Crippen LogP contribution in [0.3, 0.4) is 0 Å². The molecule has 0 unspecified atom stereocenters. The number of hydrogen-bond acceptors (Lipinski definition) is 6. The Morgan fingerprint density at radius 1 is 0.692 bits per heavy atom. The van der Waals surface area contributed by atoms with Crippen LogP contribution in [-0.4, -0.2) is 92.2 Å². The summed E-state index contributed by atoms with van der Waals surface area (Å²) in [5.41, 5.74) is 0. The van der Waals surface area contributed by atoms with Crippen LogP contribution >= 0.6 is 0 Å². The van der Waals surface area contributed by atoms with Crippen molar-refractivity contribution in [3.05, 3.63) is 0 Å². The fourth-order valence-corrected chi connectivity index (χ4v) is 8.20. The first-order valence-electron chi connectivity index (χ1n) is 10.4. The van der Waals surface area contributed by atoms with Gasteiger partial charge in [-0.1, -0.05) is 0 Å². The van der Waals surface area contributed by atoms with Crippen LogP contribution in [0.5, 0.6) is 0 Å². The van der Waals surface area contributed by atoms with Crippen molar-refractivity contribution in [2.75, 3.05) is 65.3 Å². The number of nitrogens with zero attached hydrogens (tertiary/aromatic N) is 2. The topological polar surface area (TPSA) is 43.4 Å². The van der Waals surface area contributed by atoms with E-state index in [-0.39, 0.29) is 0 Å². The molecule has 0 radical (unpaired) electrons. The Hall–Kier alpha value is 0.194. The van der Waals surface area contributed by atoms with Gasteiger partial charge in [-0.25, -0.2) is 0 Å². The predicted molar refractivity (Wildman–Crippen MR) is 112 cm³/mol. The molecule has 8 heteroatoms. The Kier molecular flexibility index (Phi) is 11.8. The van der Waals surface area contributed by atoms with E-state index in [4.69, 9.17) is 17.7 Å². The Balaban J connectivity index is 2.39. The summed E-state index contributed by atoms with van der Waals surface area (Å²) in [6.45, 7) is 21.1. The van der Waals surface area contributed by atoms with Crippen LogP contribution in [0.2, 0.25) is 19.1 Å². The van der Waals surface area contributed by atoms with Crippen LogP contribution in [0.4, 0.5) is 0 Å². The minimum atomic E-state index is -2.57. The highest BCUT2D eigenvalue weighted by atomic mass is 28.4. The standard InChI is InChI=1S/C18H42N2O4Si2/c1-7-21-25(5,6)17-11-12-19-13-15-20(16-14-19)18-26(22-8-2,23-9-3)24-10-4/h7-18H2,1-6H3. The van der Waals surface area contributed by atoms with Crippen molar-refractivity contribution in [3.8, 4) is 0 Å². The first-order chi connectivity index (χ1) is 12.4. The summed E-state index contributed by atoms with van der Waals surface area (Å²) in [4.78, 5) is 5.04. The normalized spacial score (nSPS) is 17.8. The van der Waals surface area contributed by atoms with Gasteiger partial charge in [0.15, 0.2) is 8.32 Å². The minimum Gasteiger partial charge on any atom is -0.418 e. The van der Waals surface area contributed by atoms with Gasteiger partial charge in [-0.05, 0) is 59.8 Å². The van der Waals surface area contributed by atoms with Gasteiger partial charge >= 0.3 is 8.80 Å². The molecule has 0 aromatic rings. The molecule has 1 fully saturated rings. The Bertz CT molecular complexity index is 350. The summed E-state index contributed by atoms with van der Waals surface area (Å²) in [7, 11) is -4.01. The van der Waals surface area contributed by atoms with Crippen molar-refractivity contribution in [1.82, 2.24) is 9.80 Å². The highest BCUT2D eigenvalue weighted by Gasteiger charge is 2.42. The van der Waals surface area contributed by atoms with E-state index in [1.807, 2.05) is 20.8 Å². The van der Waals surface area contributed by atoms with Crippen molar-refractivity contribution in [2.45, 2.75) is 53.3 Å². The summed E-state index contributed by atoms with van der Waals surface area (Å²) < 4.78 is 23.9. The first-order valence-corrected chi connectivity index (χ1v) is 15.5. The lowest BCUT2D eigenvalue weighted by atomic mass is 10.3. The number of piperazine rings is 1. The van der Waals surface area contributed by atoms with Crippen LogP contribution in [0, 0.1) is 0 Å². The maximum absolute atomic E-state index is 6.00. The average molecular weight is 407 g/mol. The largest absolute Gasteiger partial charge is 0.515 e. The molecule has 0 spiro atoms. The molecule has 0 saturated carbocycles. The van der Waals surface area contributed by atoms with Crippen LogP contribution in [0.1, 0.15) is 34.1 Å². The summed E-state index contributed by atoms with van der Waals surface area (Å²) >= 11 is 0. The Morgan fingerprint density at radius 3 is 1.62 bits per heavy atom. The van der Waals surface area contributed by atoms with E-state index in [0.29, 0.717) is 19.8 Å². The zero-order valence-electron chi connectivity index (χ0n) is 18.0. The van der Waals surface area contributed by atoms with Gasteiger partial charge in [-0.2, -0.15) is 0 Å². The smallest absolute Gasteiger partial charge is 0.418 e. The van der Waals surface area contributed by atoms with Crippen LogP contribution in [0.25, 0.3) is 0 Å². The van der Waals surface area contributed by atoms with E-state index < -0.39 is 17.1 Å². The van der Waals surface area contributed by atoms with Crippen molar-refractivity contribution < 1.29 is 17.7 Å². The number of rotatable bonds is 14. The second-order valence-electron chi connectivity index (χ2n) is 7.40. The molecular weight excluding hydrogens is 364 g/mol. The highest BCUT2D eigenvalue weighted by Crippen LogP contribution is 2.16. The molecule has 6 nitrogen and oxygen atoms in total. The van der Waals surface area contributed by atoms with E-state index in [1.54, 1.807) is 0 Å². The molecule has 0 N–H and O–H groups in total. The van der Waals surface area contributed by atoms with Gasteiger partial charge in [0.1, 0.15) is 0 Å². The fraction of sp³-hybridized carbons (Fsp3) is 1.00. The summed E-state index contributed by atoms with van der Waals surface area (Å²) in [5, 5.41) is 0. The lowest BCUT2D eigenvalue weighted by molar-refractivity contribution is 0.0473. The summed E-state index contributed by atoms with van der Waals surface area (Å²) in [6.07, 6.45) is 2.05. The summed E-state index contributed by atoms with van der Waals surface area (Å²) in [5.74, 6) is 0. The van der Waals surface area contributed by atoms with E-state index in [0.717, 1.165) is 39.0 Å². The molecule has 1 rings (SSSR count). The third-order valence-corrected chi connectivity index (χ3v) is 10.4. The molecule has 0 bridgehead atoms. The summed E-state index contributed by atoms with van der Waals surface area (Å²) in [6, 6.07) is 1.25. The minimum absolute atomic E-state index is 0.645. The Morgan fingerprint density at radius 2 is 1.15 bits per heavy atom. The van der Waals surface area contributed by atoms with E-state index >= 15 is 0 Å². The predicted octanol–water partition coefficient (Wildman–Crippen LogP) is 2.82. The zero-order chi connectivity index (χ0) is 19.5. The highest BCUT2D eigenvalue weighted by molar-refractivity contribution is 6.71. The lowest BCUT2D eigenvalue weighted by Gasteiger charge is -2.39. The molecule has 0 aliphatic carbocycles. The third-order valence-electron chi connectivity index (χ3n) is 4.76. The monoisotopic (exact) mass is 406 g/mol. The molecule has 1 aliphatic heterocycles. The van der Waals surface area contributed by atoms with E-state index in [1.165, 1.54) is 19.0 Å². The first kappa shape index (κ1) is 24.2. The quantitative estimate of drug-likeness (QED) is 0.413. The molecule has 26 heavy (non-hydrogen) atoms. The fourth-order valence-electron chi connectivity index (χ4n) is 3.56. The SMILES string of the molecule is CCO[Si](C)(C)CCCN1CCN(C[Si](OCC)(OCC)OCC)CC1. The van der Waals surface area contributed by atoms with Crippen molar-refractivity contribution in [2.24, 2.45) is 0 Å². The molecule has 0 amide bonds. The van der Waals surface area contributed by atoms with Gasteiger partial charge < -0.3 is 22.6 Å². The zero-order valence-corrected chi connectivity index (χ0v) is 20.0. The van der Waals surface area contributed by atoms with Crippen molar-refractivity contribution in [1.29, 1.82) is 0 Å². The van der Waals surface area contributed by atoms with E-state index in [9.17, 15) is 0 Å². The maximum atomic E-state index is 6.00. The molecule has 1 saturated heterocycles. The molecule has 1 heterocycles. The third kappa shape index (κ3) is 8.92. The van der Waals surface area contributed by atoms with Crippen molar-refractivity contribution in [3.63, 3.8) is 0 Å². The molecule has 0 aromatic heterocycles. The number of hydrogen-bond donors (Lipinski definition) is 0. The molecule has 1 aliphatic rings. The second-order valence-corrected chi connectivity index (χ2v) is 14.3. The maximum Gasteiger partial charge on any atom is 0.515 e. The molecule has 0 aromatic carbocycles. The van der Waals surface area contributed by atoms with Gasteiger partial charge in [0.05, 0.1) is 6.17 Å². The molecule has 0 atom stereocenters. The van der Waals surface area contributed by atoms with Gasteiger partial charge in [-0.3, -0.25) is 4.90 Å². The molecular formula is C18H42N2O4Si2. The van der Waals surface area contributed by atoms with Gasteiger partial charge in [-0.15, -0.1) is 0 Å². The van der Waals surface area contributed by atoms with Crippen LogP contribution < -0.4 is 0 Å². The van der Waals surface area contributed by atoms with Gasteiger partial charge in [0.25, 0.3) is 0 Å². The molecule has 156 valence electrons. The van der Waals surface area contributed by atoms with Crippen molar-refractivity contribution >= 4 is 17.1 Å². The average Bonchev–Trinajstić information content (AvgIpc) is 2.57. The van der Waals surface area contributed by atoms with Gasteiger partial charge in [0, 0.05) is 52.6 Å². The van der Waals surface area contributed by atoms with Gasteiger partial charge in [0.2, 0.25) is 0 Å². The van der Waals surface area contributed by atoms with E-state index in [2.05, 4.69) is 29.8 Å².